The molecule has 1 aromatic carbocycles. The van der Waals surface area contributed by atoms with Crippen LogP contribution in [-0.4, -0.2) is 9.66 Å². The van der Waals surface area contributed by atoms with Crippen LogP contribution in [0.4, 0.5) is 5.82 Å². The Hall–Kier alpha value is -1.97. The van der Waals surface area contributed by atoms with Crippen molar-refractivity contribution in [2.24, 2.45) is 0 Å². The minimum atomic E-state index is 0.473. The van der Waals surface area contributed by atoms with Gasteiger partial charge >= 0.3 is 0 Å². The molecular weight excluding hydrogens is 248 g/mol. The molecule has 0 saturated heterocycles. The van der Waals surface area contributed by atoms with Gasteiger partial charge in [-0.1, -0.05) is 49.6 Å². The number of nitrogens with two attached hydrogens (primary N) is 2. The maximum atomic E-state index is 6.13. The van der Waals surface area contributed by atoms with E-state index < -0.39 is 0 Å². The molecule has 20 heavy (non-hydrogen) atoms. The van der Waals surface area contributed by atoms with Crippen LogP contribution in [-0.2, 0) is 6.42 Å². The average molecular weight is 270 g/mol. The Kier molecular flexibility index (Phi) is 3.63. The zero-order valence-corrected chi connectivity index (χ0v) is 11.8. The summed E-state index contributed by atoms with van der Waals surface area (Å²) < 4.78 is 1.61. The zero-order chi connectivity index (χ0) is 13.9. The van der Waals surface area contributed by atoms with Crippen molar-refractivity contribution in [2.45, 2.75) is 44.4 Å². The van der Waals surface area contributed by atoms with E-state index in [0.29, 0.717) is 11.7 Å². The van der Waals surface area contributed by atoms with E-state index in [1.807, 2.05) is 18.2 Å². The smallest absolute Gasteiger partial charge is 0.146 e. The van der Waals surface area contributed by atoms with Crippen molar-refractivity contribution in [1.82, 2.24) is 9.66 Å². The van der Waals surface area contributed by atoms with Crippen molar-refractivity contribution in [1.29, 1.82) is 0 Å². The monoisotopic (exact) mass is 270 g/mol. The lowest BCUT2D eigenvalue weighted by Gasteiger charge is -2.20. The van der Waals surface area contributed by atoms with Gasteiger partial charge in [-0.3, -0.25) is 0 Å². The molecule has 1 fully saturated rings. The molecular formula is C16H22N4. The molecule has 1 aliphatic carbocycles. The van der Waals surface area contributed by atoms with Gasteiger partial charge in [0.25, 0.3) is 0 Å². The van der Waals surface area contributed by atoms with Crippen LogP contribution in [0.1, 0.15) is 55.1 Å². The molecule has 0 aliphatic heterocycles. The minimum Gasteiger partial charge on any atom is -0.382 e. The number of hydrogen-bond donors (Lipinski definition) is 2. The van der Waals surface area contributed by atoms with Crippen molar-refractivity contribution < 1.29 is 0 Å². The van der Waals surface area contributed by atoms with Gasteiger partial charge in [0.05, 0.1) is 5.69 Å². The van der Waals surface area contributed by atoms with Crippen LogP contribution in [0.3, 0.4) is 0 Å². The van der Waals surface area contributed by atoms with Gasteiger partial charge in [0.15, 0.2) is 0 Å². The Labute approximate surface area is 119 Å². The van der Waals surface area contributed by atoms with Gasteiger partial charge in [-0.05, 0) is 18.4 Å². The normalized spacial score (nSPS) is 16.4. The second-order valence-corrected chi connectivity index (χ2v) is 5.67. The quantitative estimate of drug-likeness (QED) is 0.843. The Morgan fingerprint density at radius 1 is 1.10 bits per heavy atom. The van der Waals surface area contributed by atoms with Crippen LogP contribution in [0.5, 0.6) is 0 Å². The van der Waals surface area contributed by atoms with Gasteiger partial charge in [-0.25, -0.2) is 9.66 Å². The highest BCUT2D eigenvalue weighted by Gasteiger charge is 2.23. The lowest BCUT2D eigenvalue weighted by Crippen LogP contribution is -2.19. The molecule has 0 atom stereocenters. The summed E-state index contributed by atoms with van der Waals surface area (Å²) in [5.41, 5.74) is 8.25. The van der Waals surface area contributed by atoms with Crippen LogP contribution < -0.4 is 11.6 Å². The maximum absolute atomic E-state index is 6.13. The second kappa shape index (κ2) is 5.57. The van der Waals surface area contributed by atoms with Crippen LogP contribution in [0, 0.1) is 0 Å². The number of aromatic nitrogens is 2. The summed E-state index contributed by atoms with van der Waals surface area (Å²) in [5, 5.41) is 0. The molecule has 0 amide bonds. The molecule has 0 bridgehead atoms. The summed E-state index contributed by atoms with van der Waals surface area (Å²) in [6.07, 6.45) is 6.97. The number of imidazole rings is 1. The molecule has 3 rings (SSSR count). The highest BCUT2D eigenvalue weighted by atomic mass is 15.4. The Morgan fingerprint density at radius 2 is 1.80 bits per heavy atom. The van der Waals surface area contributed by atoms with E-state index in [-0.39, 0.29) is 0 Å². The molecule has 0 radical (unpaired) electrons. The number of anilines is 1. The first-order valence-electron chi connectivity index (χ1n) is 7.41. The van der Waals surface area contributed by atoms with E-state index >= 15 is 0 Å². The Balaban J connectivity index is 1.85. The fraction of sp³-hybridized carbons (Fsp3) is 0.438. The first-order chi connectivity index (χ1) is 9.75. The SMILES string of the molecule is Nc1c(Cc2ccccc2)nc(C2CCCCC2)n1N. The average Bonchev–Trinajstić information content (AvgIpc) is 2.78. The van der Waals surface area contributed by atoms with Crippen molar-refractivity contribution in [3.05, 3.63) is 47.4 Å². The van der Waals surface area contributed by atoms with Gasteiger partial charge in [-0.2, -0.15) is 0 Å². The molecule has 4 heteroatoms. The summed E-state index contributed by atoms with van der Waals surface area (Å²) in [4.78, 5) is 4.74. The third-order valence-corrected chi connectivity index (χ3v) is 4.24. The largest absolute Gasteiger partial charge is 0.382 e. The lowest BCUT2D eigenvalue weighted by atomic mass is 9.89. The first kappa shape index (κ1) is 13.0. The van der Waals surface area contributed by atoms with Gasteiger partial charge in [0.1, 0.15) is 11.6 Å². The van der Waals surface area contributed by atoms with E-state index in [1.165, 1.54) is 37.7 Å². The maximum Gasteiger partial charge on any atom is 0.146 e. The first-order valence-corrected chi connectivity index (χ1v) is 7.41. The van der Waals surface area contributed by atoms with Gasteiger partial charge in [0, 0.05) is 12.3 Å². The van der Waals surface area contributed by atoms with Crippen LogP contribution in [0.25, 0.3) is 0 Å². The van der Waals surface area contributed by atoms with Crippen LogP contribution in [0.15, 0.2) is 30.3 Å². The predicted octanol–water partition coefficient (Wildman–Crippen LogP) is 2.82. The van der Waals surface area contributed by atoms with Crippen molar-refractivity contribution in [3.63, 3.8) is 0 Å². The number of hydrogen-bond acceptors (Lipinski definition) is 3. The van der Waals surface area contributed by atoms with E-state index in [9.17, 15) is 0 Å². The molecule has 2 aromatic rings. The highest BCUT2D eigenvalue weighted by Crippen LogP contribution is 2.33. The number of nitrogens with zero attached hydrogens (tertiary/aromatic N) is 2. The summed E-state index contributed by atoms with van der Waals surface area (Å²) in [5.74, 6) is 8.16. The molecule has 4 nitrogen and oxygen atoms in total. The zero-order valence-electron chi connectivity index (χ0n) is 11.8. The molecule has 0 unspecified atom stereocenters. The molecule has 0 spiro atoms. The van der Waals surface area contributed by atoms with Gasteiger partial charge in [-0.15, -0.1) is 0 Å². The summed E-state index contributed by atoms with van der Waals surface area (Å²) in [6.45, 7) is 0. The molecule has 106 valence electrons. The molecule has 1 heterocycles. The van der Waals surface area contributed by atoms with Crippen LogP contribution in [0.2, 0.25) is 0 Å². The lowest BCUT2D eigenvalue weighted by molar-refractivity contribution is 0.424. The van der Waals surface area contributed by atoms with Gasteiger partial charge in [0.2, 0.25) is 0 Å². The van der Waals surface area contributed by atoms with E-state index in [2.05, 4.69) is 12.1 Å². The van der Waals surface area contributed by atoms with E-state index in [1.54, 1.807) is 4.68 Å². The fourth-order valence-electron chi connectivity index (χ4n) is 3.08. The molecule has 1 aromatic heterocycles. The minimum absolute atomic E-state index is 0.473. The van der Waals surface area contributed by atoms with E-state index in [4.69, 9.17) is 16.6 Å². The third kappa shape index (κ3) is 2.50. The fourth-order valence-corrected chi connectivity index (χ4v) is 3.08. The summed E-state index contributed by atoms with van der Waals surface area (Å²) in [6, 6.07) is 10.3. The topological polar surface area (TPSA) is 69.9 Å². The molecule has 1 aliphatic rings. The number of nitrogen functional groups attached to an aromatic ring is 2. The second-order valence-electron chi connectivity index (χ2n) is 5.67. The number of rotatable bonds is 3. The van der Waals surface area contributed by atoms with Crippen molar-refractivity contribution >= 4 is 5.82 Å². The summed E-state index contributed by atoms with van der Waals surface area (Å²) in [7, 11) is 0. The summed E-state index contributed by atoms with van der Waals surface area (Å²) >= 11 is 0. The van der Waals surface area contributed by atoms with E-state index in [0.717, 1.165) is 17.9 Å². The van der Waals surface area contributed by atoms with Crippen molar-refractivity contribution in [3.8, 4) is 0 Å². The van der Waals surface area contributed by atoms with Gasteiger partial charge < -0.3 is 11.6 Å². The molecule has 4 N–H and O–H groups in total. The highest BCUT2D eigenvalue weighted by molar-refractivity contribution is 5.42. The van der Waals surface area contributed by atoms with Crippen LogP contribution >= 0.6 is 0 Å². The standard InChI is InChI=1S/C16H22N4/c17-15-14(11-12-7-3-1-4-8-12)19-16(20(15)18)13-9-5-2-6-10-13/h1,3-4,7-8,13H,2,5-6,9-11,17-18H2. The number of benzene rings is 1. The van der Waals surface area contributed by atoms with Crippen molar-refractivity contribution in [2.75, 3.05) is 11.6 Å². The third-order valence-electron chi connectivity index (χ3n) is 4.24. The Morgan fingerprint density at radius 3 is 2.50 bits per heavy atom. The molecule has 1 saturated carbocycles. The predicted molar refractivity (Wildman–Crippen MR) is 81.9 cm³/mol. The Bertz CT molecular complexity index is 568.